The Morgan fingerprint density at radius 3 is 2.48 bits per heavy atom. The zero-order chi connectivity index (χ0) is 18.2. The summed E-state index contributed by atoms with van der Waals surface area (Å²) in [7, 11) is -4.63. The minimum absolute atomic E-state index is 0.0743. The van der Waals surface area contributed by atoms with Crippen LogP contribution in [0.2, 0.25) is 0 Å². The number of piperidine rings is 1. The summed E-state index contributed by atoms with van der Waals surface area (Å²) in [4.78, 5) is 13.1. The highest BCUT2D eigenvalue weighted by molar-refractivity contribution is 7.86. The summed E-state index contributed by atoms with van der Waals surface area (Å²) in [6.45, 7) is 4.15. The zero-order valence-electron chi connectivity index (χ0n) is 14.3. The average Bonchev–Trinajstić information content (AvgIpc) is 2.57. The highest BCUT2D eigenvalue weighted by Gasteiger charge is 2.47. The molecule has 1 aromatic carbocycles. The minimum atomic E-state index is -4.63. The molecule has 0 aromatic heterocycles. The van der Waals surface area contributed by atoms with Gasteiger partial charge in [-0.2, -0.15) is 8.42 Å². The molecular weight excluding hydrogens is 344 g/mol. The van der Waals surface area contributed by atoms with Crippen molar-refractivity contribution in [2.45, 2.75) is 31.1 Å². The number of carbonyl (C=O) groups excluding carboxylic acids is 1. The molecule has 2 aliphatic heterocycles. The van der Waals surface area contributed by atoms with Gasteiger partial charge in [-0.3, -0.25) is 9.35 Å². The Morgan fingerprint density at radius 1 is 1.24 bits per heavy atom. The van der Waals surface area contributed by atoms with E-state index < -0.39 is 15.1 Å². The molecule has 1 aromatic rings. The number of aliphatic hydroxyl groups is 1. The van der Waals surface area contributed by atoms with E-state index in [-0.39, 0.29) is 17.9 Å². The second-order valence-corrected chi connectivity index (χ2v) is 8.55. The number of amides is 1. The summed E-state index contributed by atoms with van der Waals surface area (Å²) in [5.74, 6) is 0.501. The first-order valence-electron chi connectivity index (χ1n) is 8.52. The number of benzene rings is 1. The lowest BCUT2D eigenvalue weighted by atomic mass is 9.93. The third-order valence-electron chi connectivity index (χ3n) is 5.35. The zero-order valence-corrected chi connectivity index (χ0v) is 15.1. The van der Waals surface area contributed by atoms with E-state index in [0.717, 1.165) is 32.5 Å². The first kappa shape index (κ1) is 18.2. The lowest BCUT2D eigenvalue weighted by Gasteiger charge is -2.41. The van der Waals surface area contributed by atoms with Crippen LogP contribution in [0.15, 0.2) is 24.3 Å². The molecule has 138 valence electrons. The Kier molecular flexibility index (Phi) is 4.78. The van der Waals surface area contributed by atoms with Gasteiger partial charge in [-0.05, 0) is 24.8 Å². The molecule has 2 N–H and O–H groups in total. The maximum atomic E-state index is 11.7. The van der Waals surface area contributed by atoms with Crippen molar-refractivity contribution in [3.8, 4) is 0 Å². The van der Waals surface area contributed by atoms with E-state index in [1.54, 1.807) is 31.2 Å². The number of hydrogen-bond acceptors (Lipinski definition) is 5. The molecule has 1 fully saturated rings. The van der Waals surface area contributed by atoms with Gasteiger partial charge in [0.1, 0.15) is 0 Å². The molecule has 1 atom stereocenters. The molecule has 0 spiro atoms. The summed E-state index contributed by atoms with van der Waals surface area (Å²) in [6.07, 6.45) is 1.73. The van der Waals surface area contributed by atoms with Crippen LogP contribution in [0.4, 0.5) is 5.69 Å². The molecule has 3 rings (SSSR count). The molecule has 0 saturated carbocycles. The summed E-state index contributed by atoms with van der Waals surface area (Å²) in [5.41, 5.74) is 0.868. The van der Waals surface area contributed by atoms with Crippen LogP contribution in [0.25, 0.3) is 0 Å². The molecule has 0 aliphatic carbocycles. The van der Waals surface area contributed by atoms with E-state index in [0.29, 0.717) is 18.2 Å². The van der Waals surface area contributed by atoms with Gasteiger partial charge in [-0.15, -0.1) is 0 Å². The largest absolute Gasteiger partial charge is 0.371 e. The van der Waals surface area contributed by atoms with Crippen LogP contribution < -0.4 is 4.90 Å². The van der Waals surface area contributed by atoms with Crippen LogP contribution in [-0.2, 0) is 19.8 Å². The maximum absolute atomic E-state index is 11.7. The van der Waals surface area contributed by atoms with E-state index in [2.05, 4.69) is 4.90 Å². The van der Waals surface area contributed by atoms with Crippen molar-refractivity contribution in [2.75, 3.05) is 31.1 Å². The minimum Gasteiger partial charge on any atom is -0.371 e. The van der Waals surface area contributed by atoms with Gasteiger partial charge in [-0.25, -0.2) is 0 Å². The van der Waals surface area contributed by atoms with Crippen LogP contribution in [-0.4, -0.2) is 55.1 Å². The number of hydrogen-bond donors (Lipinski definition) is 2. The van der Waals surface area contributed by atoms with Gasteiger partial charge in [0, 0.05) is 50.8 Å². The Balaban J connectivity index is 1.79. The number of fused-ring (bicyclic) bond motifs is 1. The van der Waals surface area contributed by atoms with E-state index in [1.165, 1.54) is 0 Å². The van der Waals surface area contributed by atoms with E-state index >= 15 is 0 Å². The second kappa shape index (κ2) is 6.59. The van der Waals surface area contributed by atoms with E-state index in [1.807, 2.05) is 4.90 Å². The van der Waals surface area contributed by atoms with Crippen LogP contribution in [0.5, 0.6) is 0 Å². The van der Waals surface area contributed by atoms with Gasteiger partial charge >= 0.3 is 0 Å². The lowest BCUT2D eigenvalue weighted by molar-refractivity contribution is -0.130. The average molecular weight is 368 g/mol. The molecule has 2 aliphatic rings. The highest BCUT2D eigenvalue weighted by Crippen LogP contribution is 2.41. The molecule has 1 saturated heterocycles. The molecular formula is C17H24N2O5S. The SMILES string of the molecule is CC(=O)N1CCC(CN2CCC(O)(S(=O)(=O)O)c3ccccc32)CC1. The molecule has 25 heavy (non-hydrogen) atoms. The summed E-state index contributed by atoms with van der Waals surface area (Å²) in [5, 5.41) is 10.6. The van der Waals surface area contributed by atoms with Crippen LogP contribution in [0.1, 0.15) is 31.7 Å². The van der Waals surface area contributed by atoms with Crippen molar-refractivity contribution in [1.29, 1.82) is 0 Å². The van der Waals surface area contributed by atoms with Crippen LogP contribution in [0, 0.1) is 5.92 Å². The molecule has 0 radical (unpaired) electrons. The smallest absolute Gasteiger partial charge is 0.299 e. The summed E-state index contributed by atoms with van der Waals surface area (Å²) in [6, 6.07) is 6.77. The fourth-order valence-corrected chi connectivity index (χ4v) is 4.62. The Bertz CT molecular complexity index is 758. The Labute approximate surface area is 148 Å². The molecule has 1 amide bonds. The first-order chi connectivity index (χ1) is 11.7. The van der Waals surface area contributed by atoms with Gasteiger partial charge in [0.2, 0.25) is 10.8 Å². The molecule has 7 nitrogen and oxygen atoms in total. The van der Waals surface area contributed by atoms with Crippen molar-refractivity contribution in [3.05, 3.63) is 29.8 Å². The van der Waals surface area contributed by atoms with E-state index in [4.69, 9.17) is 0 Å². The Morgan fingerprint density at radius 2 is 1.88 bits per heavy atom. The van der Waals surface area contributed by atoms with Gasteiger partial charge in [0.15, 0.2) is 0 Å². The number of likely N-dealkylation sites (tertiary alicyclic amines) is 1. The number of anilines is 1. The third kappa shape index (κ3) is 3.38. The van der Waals surface area contributed by atoms with Gasteiger partial charge < -0.3 is 14.9 Å². The number of para-hydroxylation sites is 1. The fraction of sp³-hybridized carbons (Fsp3) is 0.588. The highest BCUT2D eigenvalue weighted by atomic mass is 32.2. The maximum Gasteiger partial charge on any atom is 0.299 e. The van der Waals surface area contributed by atoms with Gasteiger partial charge in [0.05, 0.1) is 0 Å². The van der Waals surface area contributed by atoms with Crippen molar-refractivity contribution in [1.82, 2.24) is 4.90 Å². The standard InChI is InChI=1S/C17H24N2O5S/c1-13(20)18-9-6-14(7-10-18)12-19-11-8-17(21,25(22,23)24)15-4-2-3-5-16(15)19/h2-5,14,21H,6-12H2,1H3,(H,22,23,24). The molecule has 1 unspecified atom stereocenters. The summed E-state index contributed by atoms with van der Waals surface area (Å²) >= 11 is 0. The van der Waals surface area contributed by atoms with Crippen LogP contribution in [0.3, 0.4) is 0 Å². The second-order valence-electron chi connectivity index (χ2n) is 6.92. The quantitative estimate of drug-likeness (QED) is 0.778. The van der Waals surface area contributed by atoms with Crippen LogP contribution >= 0.6 is 0 Å². The van der Waals surface area contributed by atoms with Crippen molar-refractivity contribution in [3.63, 3.8) is 0 Å². The fourth-order valence-electron chi connectivity index (χ4n) is 3.82. The van der Waals surface area contributed by atoms with Crippen molar-refractivity contribution in [2.24, 2.45) is 5.92 Å². The predicted octanol–water partition coefficient (Wildman–Crippen LogP) is 1.19. The normalized spacial score (nSPS) is 24.9. The predicted molar refractivity (Wildman–Crippen MR) is 93.7 cm³/mol. The Hall–Kier alpha value is -1.64. The summed E-state index contributed by atoms with van der Waals surface area (Å²) < 4.78 is 32.9. The van der Waals surface area contributed by atoms with Crippen molar-refractivity contribution >= 4 is 21.7 Å². The molecule has 8 heteroatoms. The molecule has 0 bridgehead atoms. The van der Waals surface area contributed by atoms with E-state index in [9.17, 15) is 22.9 Å². The topological polar surface area (TPSA) is 98.2 Å². The van der Waals surface area contributed by atoms with Crippen molar-refractivity contribution < 1.29 is 22.9 Å². The lowest BCUT2D eigenvalue weighted by Crippen LogP contribution is -2.47. The third-order valence-corrected chi connectivity index (χ3v) is 6.63. The first-order valence-corrected chi connectivity index (χ1v) is 9.96. The number of nitrogens with zero attached hydrogens (tertiary/aromatic N) is 2. The monoisotopic (exact) mass is 368 g/mol. The molecule has 2 heterocycles. The van der Waals surface area contributed by atoms with Gasteiger partial charge in [-0.1, -0.05) is 18.2 Å². The number of rotatable bonds is 3. The number of carbonyl (C=O) groups is 1. The van der Waals surface area contributed by atoms with Gasteiger partial charge in [0.25, 0.3) is 10.1 Å².